The normalized spacial score (nSPS) is 12.2. The van der Waals surface area contributed by atoms with Crippen LogP contribution in [0.15, 0.2) is 101 Å². The highest BCUT2D eigenvalue weighted by Crippen LogP contribution is 2.34. The SMILES string of the molecule is CNC(=O)c1ccccc1Sc1ccc2c(/C=C/c3ccccn3)nn(Cc3ccc(NC(=O)[C@@H](N)CCC(=O)OC(C)(C)C)cc3)c2c1. The van der Waals surface area contributed by atoms with Crippen LogP contribution in [0, 0.1) is 0 Å². The number of fused-ring (bicyclic) bond motifs is 1. The van der Waals surface area contributed by atoms with Gasteiger partial charge in [0.2, 0.25) is 5.91 Å². The third-order valence-corrected chi connectivity index (χ3v) is 8.47. The average molecular weight is 677 g/mol. The molecule has 10 nitrogen and oxygen atoms in total. The second-order valence-corrected chi connectivity index (χ2v) is 13.5. The lowest BCUT2D eigenvalue weighted by Crippen LogP contribution is -2.36. The minimum absolute atomic E-state index is 0.0580. The molecule has 0 aliphatic rings. The third-order valence-electron chi connectivity index (χ3n) is 7.41. The number of nitrogens with one attached hydrogen (secondary N) is 2. The Labute approximate surface area is 290 Å². The molecule has 4 N–H and O–H groups in total. The molecule has 2 heterocycles. The molecule has 2 amide bonds. The van der Waals surface area contributed by atoms with E-state index in [1.807, 2.05) is 95.7 Å². The summed E-state index contributed by atoms with van der Waals surface area (Å²) in [5, 5.41) is 11.5. The van der Waals surface area contributed by atoms with Gasteiger partial charge in [0.05, 0.1) is 35.1 Å². The van der Waals surface area contributed by atoms with Gasteiger partial charge >= 0.3 is 5.97 Å². The highest BCUT2D eigenvalue weighted by atomic mass is 32.2. The lowest BCUT2D eigenvalue weighted by Gasteiger charge is -2.20. The fraction of sp³-hybridized carbons (Fsp3) is 0.237. The number of nitrogens with two attached hydrogens (primary N) is 1. The average Bonchev–Trinajstić information content (AvgIpc) is 3.42. The number of esters is 1. The number of nitrogens with zero attached hydrogens (tertiary/aromatic N) is 3. The van der Waals surface area contributed by atoms with Crippen molar-refractivity contribution in [3.8, 4) is 0 Å². The van der Waals surface area contributed by atoms with Crippen molar-refractivity contribution in [2.45, 2.75) is 61.6 Å². The van der Waals surface area contributed by atoms with Gasteiger partial charge in [-0.2, -0.15) is 5.10 Å². The van der Waals surface area contributed by atoms with E-state index in [1.54, 1.807) is 34.0 Å². The molecule has 0 aliphatic heterocycles. The molecule has 0 radical (unpaired) electrons. The van der Waals surface area contributed by atoms with E-state index in [9.17, 15) is 14.4 Å². The highest BCUT2D eigenvalue weighted by molar-refractivity contribution is 7.99. The number of pyridine rings is 1. The van der Waals surface area contributed by atoms with Crippen LogP contribution in [0.5, 0.6) is 0 Å². The molecule has 11 heteroatoms. The van der Waals surface area contributed by atoms with Gasteiger partial charge in [-0.15, -0.1) is 0 Å². The summed E-state index contributed by atoms with van der Waals surface area (Å²) in [6.07, 6.45) is 5.88. The Hall–Kier alpha value is -5.26. The summed E-state index contributed by atoms with van der Waals surface area (Å²) in [6, 6.07) is 26.1. The Balaban J connectivity index is 1.35. The molecule has 1 atom stereocenters. The van der Waals surface area contributed by atoms with E-state index in [0.717, 1.165) is 37.6 Å². The lowest BCUT2D eigenvalue weighted by atomic mass is 10.1. The van der Waals surface area contributed by atoms with Crippen molar-refractivity contribution in [1.29, 1.82) is 0 Å². The number of carbonyl (C=O) groups is 3. The largest absolute Gasteiger partial charge is 0.460 e. The minimum atomic E-state index is -0.851. The predicted octanol–water partition coefficient (Wildman–Crippen LogP) is 6.55. The maximum atomic E-state index is 12.7. The fourth-order valence-electron chi connectivity index (χ4n) is 5.03. The molecule has 0 saturated carbocycles. The summed E-state index contributed by atoms with van der Waals surface area (Å²) in [6.45, 7) is 5.86. The number of hydrogen-bond acceptors (Lipinski definition) is 8. The molecule has 0 unspecified atom stereocenters. The Bertz CT molecular complexity index is 1970. The molecule has 49 heavy (non-hydrogen) atoms. The second-order valence-electron chi connectivity index (χ2n) is 12.4. The number of anilines is 1. The fourth-order valence-corrected chi connectivity index (χ4v) is 6.01. The van der Waals surface area contributed by atoms with E-state index in [4.69, 9.17) is 15.6 Å². The lowest BCUT2D eigenvalue weighted by molar-refractivity contribution is -0.155. The quantitative estimate of drug-likeness (QED) is 0.126. The number of hydrogen-bond donors (Lipinski definition) is 3. The van der Waals surface area contributed by atoms with E-state index in [1.165, 1.54) is 11.8 Å². The first kappa shape index (κ1) is 35.1. The van der Waals surface area contributed by atoms with Gasteiger partial charge in [-0.1, -0.05) is 42.1 Å². The van der Waals surface area contributed by atoms with Crippen LogP contribution in [-0.2, 0) is 20.9 Å². The van der Waals surface area contributed by atoms with Gasteiger partial charge in [-0.05, 0) is 99.5 Å². The molecule has 0 aliphatic carbocycles. The predicted molar refractivity (Wildman–Crippen MR) is 194 cm³/mol. The van der Waals surface area contributed by atoms with E-state index < -0.39 is 11.6 Å². The van der Waals surface area contributed by atoms with Crippen molar-refractivity contribution in [1.82, 2.24) is 20.1 Å². The van der Waals surface area contributed by atoms with Crippen molar-refractivity contribution in [3.05, 3.63) is 114 Å². The van der Waals surface area contributed by atoms with Crippen molar-refractivity contribution < 1.29 is 19.1 Å². The minimum Gasteiger partial charge on any atom is -0.460 e. The van der Waals surface area contributed by atoms with Gasteiger partial charge in [0, 0.05) is 40.5 Å². The third kappa shape index (κ3) is 9.65. The maximum absolute atomic E-state index is 12.7. The molecular weight excluding hydrogens is 637 g/mol. The molecule has 2 aromatic heterocycles. The second kappa shape index (κ2) is 15.8. The number of carbonyl (C=O) groups excluding carboxylic acids is 3. The molecule has 0 bridgehead atoms. The van der Waals surface area contributed by atoms with Crippen LogP contribution in [0.3, 0.4) is 0 Å². The number of rotatable bonds is 12. The number of aromatic nitrogens is 3. The van der Waals surface area contributed by atoms with E-state index >= 15 is 0 Å². The molecule has 252 valence electrons. The number of ether oxygens (including phenoxy) is 1. The summed E-state index contributed by atoms with van der Waals surface area (Å²) in [7, 11) is 1.62. The van der Waals surface area contributed by atoms with Crippen LogP contribution in [0.1, 0.15) is 60.9 Å². The zero-order valence-electron chi connectivity index (χ0n) is 28.0. The Morgan fingerprint density at radius 3 is 2.45 bits per heavy atom. The van der Waals surface area contributed by atoms with Gasteiger partial charge in [-0.3, -0.25) is 24.0 Å². The first-order chi connectivity index (χ1) is 23.5. The molecule has 0 saturated heterocycles. The summed E-state index contributed by atoms with van der Waals surface area (Å²) in [5.74, 6) is -0.902. The molecule has 3 aromatic carbocycles. The van der Waals surface area contributed by atoms with Crippen molar-refractivity contribution >= 4 is 58.3 Å². The zero-order valence-corrected chi connectivity index (χ0v) is 28.8. The maximum Gasteiger partial charge on any atom is 0.306 e. The summed E-state index contributed by atoms with van der Waals surface area (Å²) in [4.78, 5) is 43.4. The molecular formula is C38H40N6O4S. The van der Waals surface area contributed by atoms with Gasteiger partial charge in [0.1, 0.15) is 5.60 Å². The molecule has 0 spiro atoms. The van der Waals surface area contributed by atoms with E-state index in [0.29, 0.717) is 17.8 Å². The van der Waals surface area contributed by atoms with Crippen LogP contribution in [0.25, 0.3) is 23.1 Å². The Morgan fingerprint density at radius 1 is 0.980 bits per heavy atom. The first-order valence-corrected chi connectivity index (χ1v) is 16.8. The van der Waals surface area contributed by atoms with Gasteiger partial charge in [0.15, 0.2) is 0 Å². The summed E-state index contributed by atoms with van der Waals surface area (Å²) >= 11 is 1.52. The Morgan fingerprint density at radius 2 is 1.73 bits per heavy atom. The van der Waals surface area contributed by atoms with Gasteiger partial charge in [0.25, 0.3) is 5.91 Å². The van der Waals surface area contributed by atoms with E-state index in [-0.39, 0.29) is 30.6 Å². The summed E-state index contributed by atoms with van der Waals surface area (Å²) < 4.78 is 7.25. The zero-order chi connectivity index (χ0) is 35.0. The smallest absolute Gasteiger partial charge is 0.306 e. The van der Waals surface area contributed by atoms with Crippen LogP contribution in [-0.4, -0.2) is 51.2 Å². The molecule has 5 rings (SSSR count). The van der Waals surface area contributed by atoms with Crippen LogP contribution < -0.4 is 16.4 Å². The van der Waals surface area contributed by atoms with Gasteiger partial charge in [-0.25, -0.2) is 0 Å². The number of amides is 2. The van der Waals surface area contributed by atoms with Crippen molar-refractivity contribution in [2.24, 2.45) is 5.73 Å². The van der Waals surface area contributed by atoms with Crippen LogP contribution in [0.4, 0.5) is 5.69 Å². The topological polar surface area (TPSA) is 141 Å². The monoisotopic (exact) mass is 676 g/mol. The van der Waals surface area contributed by atoms with Crippen molar-refractivity contribution in [3.63, 3.8) is 0 Å². The van der Waals surface area contributed by atoms with Crippen LogP contribution >= 0.6 is 11.8 Å². The Kier molecular flexibility index (Phi) is 11.3. The van der Waals surface area contributed by atoms with Crippen molar-refractivity contribution in [2.75, 3.05) is 12.4 Å². The summed E-state index contributed by atoms with van der Waals surface area (Å²) in [5.41, 5.74) is 10.2. The molecule has 5 aromatic rings. The van der Waals surface area contributed by atoms with E-state index in [2.05, 4.69) is 21.7 Å². The van der Waals surface area contributed by atoms with Crippen LogP contribution in [0.2, 0.25) is 0 Å². The highest BCUT2D eigenvalue weighted by Gasteiger charge is 2.20. The number of benzene rings is 3. The first-order valence-electron chi connectivity index (χ1n) is 15.9. The standard InChI is InChI=1S/C38H40N6O4S/c1-38(2,3)48-35(45)21-19-31(39)37(47)42-27-14-12-25(13-15-27)24-44-33-23-28(49-34-11-6-5-10-30(34)36(46)40-4)17-18-29(33)32(43-44)20-16-26-9-7-8-22-41-26/h5-18,20,22-23,31H,19,21,24,39H2,1-4H3,(H,40,46)(H,42,47)/b20-16+/t31-/m0/s1. The van der Waals surface area contributed by atoms with Gasteiger partial charge < -0.3 is 21.1 Å². The molecule has 0 fully saturated rings.